The minimum Gasteiger partial charge on any atom is -0.504 e. The average molecular weight is 209 g/mol. The van der Waals surface area contributed by atoms with E-state index in [0.717, 1.165) is 0 Å². The Balaban J connectivity index is 3.07. The third kappa shape index (κ3) is 2.63. The highest BCUT2D eigenvalue weighted by molar-refractivity contribution is 5.94. The van der Waals surface area contributed by atoms with Crippen molar-refractivity contribution in [1.29, 1.82) is 0 Å². The monoisotopic (exact) mass is 209 g/mol. The van der Waals surface area contributed by atoms with Crippen molar-refractivity contribution in [2.45, 2.75) is 0 Å². The van der Waals surface area contributed by atoms with Crippen LogP contribution in [0.1, 0.15) is 5.56 Å². The van der Waals surface area contributed by atoms with Gasteiger partial charge in [0, 0.05) is 0 Å². The Kier molecular flexibility index (Phi) is 3.17. The van der Waals surface area contributed by atoms with Crippen molar-refractivity contribution in [2.75, 3.05) is 7.11 Å². The smallest absolute Gasteiger partial charge is 0.283 e. The van der Waals surface area contributed by atoms with E-state index >= 15 is 0 Å². The molecule has 0 radical (unpaired) electrons. The number of phenolic OH excluding ortho intramolecular Hbond substituents is 1. The van der Waals surface area contributed by atoms with Gasteiger partial charge in [0.25, 0.3) is 5.91 Å². The number of ether oxygens (including phenoxy) is 1. The number of benzene rings is 1. The van der Waals surface area contributed by atoms with Crippen LogP contribution in [0.4, 0.5) is 0 Å². The van der Waals surface area contributed by atoms with Gasteiger partial charge >= 0.3 is 0 Å². The van der Waals surface area contributed by atoms with Crippen molar-refractivity contribution >= 4 is 12.0 Å². The van der Waals surface area contributed by atoms with Gasteiger partial charge in [-0.25, -0.2) is 0 Å². The zero-order valence-corrected chi connectivity index (χ0v) is 8.10. The number of primary amides is 1. The molecule has 1 amide bonds. The number of rotatable bonds is 3. The maximum atomic E-state index is 10.5. The van der Waals surface area contributed by atoms with E-state index in [1.54, 1.807) is 0 Å². The fourth-order valence-corrected chi connectivity index (χ4v) is 1.01. The number of nitrogens with two attached hydrogens (primary N) is 1. The van der Waals surface area contributed by atoms with Crippen LogP contribution in [-0.2, 0) is 4.79 Å². The molecule has 5 nitrogen and oxygen atoms in total. The van der Waals surface area contributed by atoms with Crippen molar-refractivity contribution in [2.24, 2.45) is 5.73 Å². The highest BCUT2D eigenvalue weighted by Gasteiger charge is 2.04. The number of hydrogen-bond donors (Lipinski definition) is 3. The van der Waals surface area contributed by atoms with Crippen molar-refractivity contribution in [1.82, 2.24) is 0 Å². The summed E-state index contributed by atoms with van der Waals surface area (Å²) in [5.74, 6) is -1.24. The largest absolute Gasteiger partial charge is 0.504 e. The van der Waals surface area contributed by atoms with E-state index in [1.165, 1.54) is 31.4 Å². The summed E-state index contributed by atoms with van der Waals surface area (Å²) in [5.41, 5.74) is 5.35. The van der Waals surface area contributed by atoms with Gasteiger partial charge in [-0.05, 0) is 23.8 Å². The van der Waals surface area contributed by atoms with Crippen LogP contribution in [0.2, 0.25) is 0 Å². The highest BCUT2D eigenvalue weighted by atomic mass is 16.5. The molecule has 1 aromatic carbocycles. The summed E-state index contributed by atoms with van der Waals surface area (Å²) >= 11 is 0. The Hall–Kier alpha value is -2.17. The molecule has 80 valence electrons. The summed E-state index contributed by atoms with van der Waals surface area (Å²) in [6.45, 7) is 0. The molecule has 0 fully saturated rings. The Morgan fingerprint density at radius 3 is 2.73 bits per heavy atom. The summed E-state index contributed by atoms with van der Waals surface area (Å²) in [7, 11) is 1.40. The van der Waals surface area contributed by atoms with Gasteiger partial charge in [-0.2, -0.15) is 0 Å². The van der Waals surface area contributed by atoms with Gasteiger partial charge in [0.05, 0.1) is 7.11 Å². The molecule has 0 atom stereocenters. The molecule has 0 bridgehead atoms. The highest BCUT2D eigenvalue weighted by Crippen LogP contribution is 2.26. The van der Waals surface area contributed by atoms with Crippen LogP contribution < -0.4 is 10.5 Å². The predicted molar refractivity (Wildman–Crippen MR) is 54.5 cm³/mol. The second-order valence-electron chi connectivity index (χ2n) is 2.83. The number of carbonyl (C=O) groups is 1. The van der Waals surface area contributed by atoms with Gasteiger partial charge in [0.15, 0.2) is 17.3 Å². The Morgan fingerprint density at radius 1 is 1.53 bits per heavy atom. The van der Waals surface area contributed by atoms with Gasteiger partial charge in [0.2, 0.25) is 0 Å². The normalized spacial score (nSPS) is 11.1. The summed E-state index contributed by atoms with van der Waals surface area (Å²) in [6, 6.07) is 4.37. The maximum absolute atomic E-state index is 10.5. The van der Waals surface area contributed by atoms with Crippen molar-refractivity contribution in [3.8, 4) is 11.5 Å². The van der Waals surface area contributed by atoms with Gasteiger partial charge in [0.1, 0.15) is 0 Å². The lowest BCUT2D eigenvalue weighted by atomic mass is 10.2. The number of phenols is 1. The Labute approximate surface area is 86.4 Å². The van der Waals surface area contributed by atoms with Crippen molar-refractivity contribution < 1.29 is 19.7 Å². The number of aliphatic hydroxyl groups excluding tert-OH is 1. The van der Waals surface area contributed by atoms with E-state index in [4.69, 9.17) is 15.6 Å². The molecule has 5 heteroatoms. The van der Waals surface area contributed by atoms with Gasteiger partial charge in [-0.15, -0.1) is 0 Å². The summed E-state index contributed by atoms with van der Waals surface area (Å²) in [5, 5.41) is 18.4. The number of carbonyl (C=O) groups excluding carboxylic acids is 1. The maximum Gasteiger partial charge on any atom is 0.283 e. The topological polar surface area (TPSA) is 92.8 Å². The molecule has 0 unspecified atom stereocenters. The number of aromatic hydroxyl groups is 1. The molecule has 0 saturated heterocycles. The summed E-state index contributed by atoms with van der Waals surface area (Å²) in [6.07, 6.45) is 1.18. The van der Waals surface area contributed by atoms with Gasteiger partial charge in [-0.3, -0.25) is 4.79 Å². The second kappa shape index (κ2) is 4.36. The molecule has 0 heterocycles. The summed E-state index contributed by atoms with van der Waals surface area (Å²) in [4.78, 5) is 10.5. The molecule has 0 aromatic heterocycles. The minimum absolute atomic E-state index is 0.0202. The van der Waals surface area contributed by atoms with Crippen LogP contribution in [0.15, 0.2) is 24.0 Å². The molecule has 15 heavy (non-hydrogen) atoms. The lowest BCUT2D eigenvalue weighted by Crippen LogP contribution is -2.12. The van der Waals surface area contributed by atoms with Crippen molar-refractivity contribution in [3.63, 3.8) is 0 Å². The van der Waals surface area contributed by atoms with Crippen LogP contribution >= 0.6 is 0 Å². The second-order valence-corrected chi connectivity index (χ2v) is 2.83. The molecule has 1 aromatic rings. The standard InChI is InChI=1S/C10H11NO4/c1-15-9-5-6(2-3-7(9)12)4-8(13)10(11)14/h2-5,12-13H,1H3,(H2,11,14)/b8-4-. The fourth-order valence-electron chi connectivity index (χ4n) is 1.01. The molecular weight excluding hydrogens is 198 g/mol. The first-order valence-corrected chi connectivity index (χ1v) is 4.12. The van der Waals surface area contributed by atoms with Crippen LogP contribution in [0, 0.1) is 0 Å². The Morgan fingerprint density at radius 2 is 2.20 bits per heavy atom. The number of aliphatic hydroxyl groups is 1. The zero-order valence-electron chi connectivity index (χ0n) is 8.10. The minimum atomic E-state index is -0.915. The van der Waals surface area contributed by atoms with Crippen molar-refractivity contribution in [3.05, 3.63) is 29.5 Å². The lowest BCUT2D eigenvalue weighted by molar-refractivity contribution is -0.116. The van der Waals surface area contributed by atoms with Crippen LogP contribution in [-0.4, -0.2) is 23.2 Å². The molecule has 0 aliphatic rings. The van der Waals surface area contributed by atoms with E-state index in [2.05, 4.69) is 0 Å². The molecular formula is C10H11NO4. The lowest BCUT2D eigenvalue weighted by Gasteiger charge is -2.03. The molecule has 0 saturated carbocycles. The molecule has 0 spiro atoms. The van der Waals surface area contributed by atoms with Crippen LogP contribution in [0.25, 0.3) is 6.08 Å². The van der Waals surface area contributed by atoms with Crippen LogP contribution in [0.3, 0.4) is 0 Å². The zero-order chi connectivity index (χ0) is 11.4. The molecule has 4 N–H and O–H groups in total. The number of hydrogen-bond acceptors (Lipinski definition) is 4. The molecule has 0 aliphatic heterocycles. The first kappa shape index (κ1) is 10.9. The van der Waals surface area contributed by atoms with E-state index < -0.39 is 11.7 Å². The number of methoxy groups -OCH3 is 1. The van der Waals surface area contributed by atoms with E-state index in [0.29, 0.717) is 5.56 Å². The summed E-state index contributed by atoms with van der Waals surface area (Å²) < 4.78 is 4.85. The third-order valence-electron chi connectivity index (χ3n) is 1.76. The van der Waals surface area contributed by atoms with E-state index in [1.807, 2.05) is 0 Å². The third-order valence-corrected chi connectivity index (χ3v) is 1.76. The van der Waals surface area contributed by atoms with E-state index in [9.17, 15) is 9.90 Å². The first-order valence-electron chi connectivity index (χ1n) is 4.12. The molecule has 1 rings (SSSR count). The number of amides is 1. The van der Waals surface area contributed by atoms with Gasteiger partial charge in [-0.1, -0.05) is 6.07 Å². The quantitative estimate of drug-likeness (QED) is 0.506. The molecule has 0 aliphatic carbocycles. The Bertz CT molecular complexity index is 412. The predicted octanol–water partition coefficient (Wildman–Crippen LogP) is 0.785. The van der Waals surface area contributed by atoms with Gasteiger partial charge < -0.3 is 20.7 Å². The SMILES string of the molecule is COc1cc(/C=C(\O)C(N)=O)ccc1O. The average Bonchev–Trinajstić information content (AvgIpc) is 2.20. The van der Waals surface area contributed by atoms with E-state index in [-0.39, 0.29) is 11.5 Å². The fraction of sp³-hybridized carbons (Fsp3) is 0.100. The first-order chi connectivity index (χ1) is 7.04. The van der Waals surface area contributed by atoms with Crippen LogP contribution in [0.5, 0.6) is 11.5 Å².